The van der Waals surface area contributed by atoms with Crippen molar-refractivity contribution < 1.29 is 65.5 Å². The van der Waals surface area contributed by atoms with Crippen molar-refractivity contribution in [1.82, 2.24) is 23.1 Å². The highest BCUT2D eigenvalue weighted by Gasteiger charge is 2.33. The molecule has 2 aliphatic heterocycles. The minimum absolute atomic E-state index is 0.0210. The second kappa shape index (κ2) is 34.3. The van der Waals surface area contributed by atoms with Crippen LogP contribution in [0.3, 0.4) is 0 Å². The zero-order valence-corrected chi connectivity index (χ0v) is 61.5. The number of Topliss-reactive ketones (excluding diaryl/α,β-unsaturated/α-hetero) is 1. The minimum Gasteiger partial charge on any atom is -0.489 e. The van der Waals surface area contributed by atoms with Crippen LogP contribution in [0.1, 0.15) is 145 Å². The molecule has 4 heterocycles. The summed E-state index contributed by atoms with van der Waals surface area (Å²) in [7, 11) is -6.64. The van der Waals surface area contributed by atoms with Gasteiger partial charge in [-0.1, -0.05) is 68.9 Å². The first-order chi connectivity index (χ1) is 50.9. The Morgan fingerprint density at radius 2 is 0.972 bits per heavy atom. The van der Waals surface area contributed by atoms with Crippen LogP contribution in [0.2, 0.25) is 0 Å². The van der Waals surface area contributed by atoms with E-state index in [9.17, 15) is 66.5 Å². The van der Waals surface area contributed by atoms with Gasteiger partial charge in [0, 0.05) is 134 Å². The van der Waals surface area contributed by atoms with Crippen molar-refractivity contribution >= 4 is 88.2 Å². The molecule has 1 amide bonds. The third-order valence-corrected chi connectivity index (χ3v) is 23.2. The van der Waals surface area contributed by atoms with Crippen molar-refractivity contribution in [3.8, 4) is 34.0 Å². The lowest BCUT2D eigenvalue weighted by atomic mass is 9.81. The molecule has 0 bridgehead atoms. The van der Waals surface area contributed by atoms with Gasteiger partial charge in [0.1, 0.15) is 37.8 Å². The van der Waals surface area contributed by atoms with Crippen LogP contribution in [-0.4, -0.2) is 150 Å². The van der Waals surface area contributed by atoms with Gasteiger partial charge in [-0.25, -0.2) is 21.6 Å². The van der Waals surface area contributed by atoms with Crippen molar-refractivity contribution in [3.05, 3.63) is 200 Å². The number of nitro benzene ring substituents is 2. The van der Waals surface area contributed by atoms with Gasteiger partial charge in [0.2, 0.25) is 26.0 Å². The van der Waals surface area contributed by atoms with E-state index in [0.29, 0.717) is 105 Å². The first kappa shape index (κ1) is 76.9. The molecule has 6 aromatic carbocycles. The molecule has 0 unspecified atom stereocenters. The Hall–Kier alpha value is -10.2. The number of sulfonamides is 2. The summed E-state index contributed by atoms with van der Waals surface area (Å²) in [5, 5.41) is 47.9. The number of hydrogen-bond donors (Lipinski definition) is 3. The summed E-state index contributed by atoms with van der Waals surface area (Å²) in [6.45, 7) is 10.8. The van der Waals surface area contributed by atoms with Crippen molar-refractivity contribution in [2.75, 3.05) is 81.2 Å². The lowest BCUT2D eigenvalue weighted by Gasteiger charge is -2.35. The van der Waals surface area contributed by atoms with Crippen molar-refractivity contribution in [1.29, 1.82) is 0 Å². The normalized spacial score (nSPS) is 15.7. The number of aromatic nitrogens is 2. The molecule has 0 atom stereocenters. The highest BCUT2D eigenvalue weighted by molar-refractivity contribution is 7.88. The Morgan fingerprint density at radius 1 is 0.547 bits per heavy atom. The Labute approximate surface area is 617 Å². The number of aromatic carboxylic acids is 1. The summed E-state index contributed by atoms with van der Waals surface area (Å²) < 4.78 is 67.2. The van der Waals surface area contributed by atoms with E-state index >= 15 is 0 Å². The van der Waals surface area contributed by atoms with Crippen molar-refractivity contribution in [2.45, 2.75) is 128 Å². The number of piperazine rings is 2. The molecular formula is C79H91N9O16S2. The van der Waals surface area contributed by atoms with Gasteiger partial charge in [0.05, 0.1) is 44.8 Å². The second-order valence-corrected chi connectivity index (χ2v) is 31.6. The lowest BCUT2D eigenvalue weighted by Crippen LogP contribution is -2.48. The van der Waals surface area contributed by atoms with E-state index in [1.165, 1.54) is 57.4 Å². The summed E-state index contributed by atoms with van der Waals surface area (Å²) in [6.07, 6.45) is 19.2. The van der Waals surface area contributed by atoms with Crippen LogP contribution in [0.4, 0.5) is 22.7 Å². The molecule has 8 aromatic rings. The number of allylic oxidation sites excluding steroid dienone is 1. The Kier molecular flexibility index (Phi) is 24.9. The number of fused-ring (bicyclic) bond motifs is 2. The van der Waals surface area contributed by atoms with Gasteiger partial charge in [-0.05, 0) is 158 Å². The zero-order valence-electron chi connectivity index (χ0n) is 59.9. The number of amides is 1. The Bertz CT molecular complexity index is 4830. The molecule has 12 rings (SSSR count). The molecule has 4 aliphatic rings. The van der Waals surface area contributed by atoms with Crippen LogP contribution >= 0.6 is 0 Å². The van der Waals surface area contributed by atoms with Crippen LogP contribution in [-0.2, 0) is 55.9 Å². The minimum atomic E-state index is -3.32. The van der Waals surface area contributed by atoms with Gasteiger partial charge in [-0.3, -0.25) is 34.6 Å². The number of carboxylic acid groups (broad SMARTS) is 2. The predicted molar refractivity (Wildman–Crippen MR) is 409 cm³/mol. The Balaban J connectivity index is 0.000000214. The molecule has 2 aliphatic carbocycles. The number of benzene rings is 6. The van der Waals surface area contributed by atoms with Crippen LogP contribution in [0.5, 0.6) is 11.5 Å². The number of hydrogen-bond acceptors (Lipinski definition) is 16. The van der Waals surface area contributed by atoms with Crippen LogP contribution in [0, 0.1) is 20.2 Å². The number of non-ortho nitro benzene ring substituents is 2. The van der Waals surface area contributed by atoms with Crippen LogP contribution in [0.25, 0.3) is 44.3 Å². The fraction of sp³-hybridized carbons (Fsp3) is 0.392. The maximum atomic E-state index is 13.5. The third kappa shape index (κ3) is 18.3. The average Bonchev–Trinajstić information content (AvgIpc) is 1.59. The molecule has 0 spiro atoms. The van der Waals surface area contributed by atoms with Gasteiger partial charge >= 0.3 is 11.9 Å². The third-order valence-electron chi connectivity index (χ3n) is 20.6. The first-order valence-corrected chi connectivity index (χ1v) is 39.8. The quantitative estimate of drug-likeness (QED) is 0.0129. The maximum absolute atomic E-state index is 13.5. The molecule has 25 nitrogen and oxygen atoms in total. The van der Waals surface area contributed by atoms with E-state index in [2.05, 4.69) is 29.1 Å². The van der Waals surface area contributed by atoms with Gasteiger partial charge in [-0.2, -0.15) is 8.61 Å². The van der Waals surface area contributed by atoms with E-state index in [1.807, 2.05) is 64.4 Å². The number of nitrogens with zero attached hydrogens (tertiary/aromatic N) is 8. The van der Waals surface area contributed by atoms with Crippen molar-refractivity contribution in [2.24, 2.45) is 0 Å². The fourth-order valence-electron chi connectivity index (χ4n) is 15.3. The van der Waals surface area contributed by atoms with E-state index in [4.69, 9.17) is 9.47 Å². The summed E-state index contributed by atoms with van der Waals surface area (Å²) in [5.41, 5.74) is 10.3. The number of rotatable bonds is 29. The predicted octanol–water partition coefficient (Wildman–Crippen LogP) is 13.9. The number of carboxylic acids is 2. The number of anilines is 2. The van der Waals surface area contributed by atoms with E-state index in [1.54, 1.807) is 53.1 Å². The highest BCUT2D eigenvalue weighted by Crippen LogP contribution is 2.47. The second-order valence-electron chi connectivity index (χ2n) is 27.6. The smallest absolute Gasteiger partial charge is 0.335 e. The largest absolute Gasteiger partial charge is 0.489 e. The molecule has 106 heavy (non-hydrogen) atoms. The van der Waals surface area contributed by atoms with E-state index in [0.717, 1.165) is 126 Å². The summed E-state index contributed by atoms with van der Waals surface area (Å²) in [6, 6.07) is 35.1. The van der Waals surface area contributed by atoms with Crippen LogP contribution in [0.15, 0.2) is 147 Å². The molecule has 4 fully saturated rings. The van der Waals surface area contributed by atoms with Crippen molar-refractivity contribution in [3.63, 3.8) is 0 Å². The van der Waals surface area contributed by atoms with Gasteiger partial charge in [0.25, 0.3) is 11.4 Å². The van der Waals surface area contributed by atoms with E-state index in [-0.39, 0.29) is 66.8 Å². The van der Waals surface area contributed by atoms with Gasteiger partial charge in [0.15, 0.2) is 5.78 Å². The molecule has 27 heteroatoms. The zero-order chi connectivity index (χ0) is 75.4. The summed E-state index contributed by atoms with van der Waals surface area (Å²) >= 11 is 0. The molecular weight excluding hydrogens is 1400 g/mol. The molecule has 2 aromatic heterocycles. The topological polar surface area (TPSA) is 317 Å². The standard InChI is InChI=1S/C44H53N5O7S.C35H38N4O9S/c1-4-6-9-14-41(50)34-17-21-38-40(29-34)48(30-42(51)45-23-7-5-2)44(43(38)32-12-10-8-11-13-32)33-15-19-37(20-16-33)56-31-35-28-36(49(52)53)18-22-39(35)46-24-26-47(27-25-46)57(3,54)55;1-49(46,47)37-17-15-36(16-18-37)30-14-10-27(39(44)45)19-26(30)22-48-28-11-7-24(8-12-28)34-33(23-5-3-2-4-6-23)29-13-9-25(35(42)43)20-31(29)38(34)21-32(40)41/h4-5,15-22,28-29,32H,1-2,6-14,23-27,30-31H2,3H3,(H,45,51);7-14,19-20,23H,2-6,15-18,21-22H2,1H3,(H,40,41)(H,42,43). The number of carbonyl (C=O) groups excluding carboxylic acids is 2. The molecule has 3 N–H and O–H groups in total. The first-order valence-electron chi connectivity index (χ1n) is 36.1. The molecule has 2 saturated carbocycles. The van der Waals surface area contributed by atoms with Gasteiger partial charge < -0.3 is 43.9 Å². The number of aliphatic carboxylic acids is 1. The summed E-state index contributed by atoms with van der Waals surface area (Å²) in [5.74, 6) is -0.649. The average molecular weight is 1490 g/mol. The number of carbonyl (C=O) groups is 4. The lowest BCUT2D eigenvalue weighted by molar-refractivity contribution is -0.385. The summed E-state index contributed by atoms with van der Waals surface area (Å²) in [4.78, 5) is 77.3. The highest BCUT2D eigenvalue weighted by atomic mass is 32.2. The number of nitrogens with one attached hydrogen (secondary N) is 1. The van der Waals surface area contributed by atoms with Gasteiger partial charge in [-0.15, -0.1) is 13.2 Å². The number of nitro groups is 2. The fourth-order valence-corrected chi connectivity index (χ4v) is 17.0. The Morgan fingerprint density at radius 3 is 1.38 bits per heavy atom. The molecule has 0 radical (unpaired) electrons. The maximum Gasteiger partial charge on any atom is 0.335 e. The van der Waals surface area contributed by atoms with Crippen LogP contribution < -0.4 is 24.6 Å². The van der Waals surface area contributed by atoms with E-state index < -0.39 is 41.8 Å². The number of unbranched alkanes of at least 4 members (excludes halogenated alkanes) is 1. The molecule has 2 saturated heterocycles. The SMILES string of the molecule is C=CCCCC(=O)c1ccc2c(C3CCCCC3)c(-c3ccc(OCc4cc([N+](=O)[O-])ccc4N4CCN(S(C)(=O)=O)CC4)cc3)n(CC(=O)NCCC=C)c2c1.CS(=O)(=O)N1CCN(c2ccc([N+](=O)[O-])cc2COc2ccc(-c3c(C4CCCCC4)c4ccc(C(=O)O)cc4n3CC(=O)O)cc2)CC1. The number of ether oxygens (including phenoxy) is 2. The number of ketones is 1. The monoisotopic (exact) mass is 1490 g/mol. The molecule has 560 valence electrons.